The number of ether oxygens (including phenoxy) is 1. The van der Waals surface area contributed by atoms with Crippen LogP contribution in [0.2, 0.25) is 0 Å². The average Bonchev–Trinajstić information content (AvgIpc) is 3.12. The first-order valence-corrected chi connectivity index (χ1v) is 6.84. The number of methoxy groups -OCH3 is 1. The van der Waals surface area contributed by atoms with Crippen molar-refractivity contribution in [3.63, 3.8) is 0 Å². The summed E-state index contributed by atoms with van der Waals surface area (Å²) >= 11 is 0. The molecule has 1 aliphatic carbocycles. The minimum absolute atomic E-state index is 0.526. The van der Waals surface area contributed by atoms with Crippen LogP contribution in [0.15, 0.2) is 6.33 Å². The summed E-state index contributed by atoms with van der Waals surface area (Å²) in [6.07, 6.45) is 5.54. The molecule has 0 saturated heterocycles. The van der Waals surface area contributed by atoms with Gasteiger partial charge in [-0.25, -0.2) is 4.98 Å². The molecule has 1 aromatic heterocycles. The molecule has 2 N–H and O–H groups in total. The topological polar surface area (TPSA) is 53.2 Å². The quantitative estimate of drug-likeness (QED) is 0.773. The van der Waals surface area contributed by atoms with E-state index in [9.17, 15) is 0 Å². The molecule has 0 aromatic carbocycles. The molecule has 2 aliphatic rings. The highest BCUT2D eigenvalue weighted by Gasteiger charge is 2.31. The molecule has 1 aliphatic heterocycles. The van der Waals surface area contributed by atoms with Gasteiger partial charge in [-0.1, -0.05) is 0 Å². The van der Waals surface area contributed by atoms with Gasteiger partial charge >= 0.3 is 0 Å². The van der Waals surface area contributed by atoms with Gasteiger partial charge in [-0.2, -0.15) is 0 Å². The number of imidazole rings is 1. The maximum absolute atomic E-state index is 5.20. The van der Waals surface area contributed by atoms with Gasteiger partial charge in [0.25, 0.3) is 0 Å². The first-order chi connectivity index (χ1) is 8.86. The normalized spacial score (nSPS) is 23.3. The molecular formula is C13H22N4O. The first kappa shape index (κ1) is 12.1. The monoisotopic (exact) mass is 250 g/mol. The van der Waals surface area contributed by atoms with Crippen molar-refractivity contribution in [3.05, 3.63) is 17.7 Å². The van der Waals surface area contributed by atoms with Gasteiger partial charge in [0, 0.05) is 45.2 Å². The van der Waals surface area contributed by atoms with E-state index in [0.29, 0.717) is 6.04 Å². The second-order valence-corrected chi connectivity index (χ2v) is 5.33. The molecule has 2 heterocycles. The van der Waals surface area contributed by atoms with Crippen molar-refractivity contribution < 1.29 is 4.74 Å². The Labute approximate surface area is 108 Å². The van der Waals surface area contributed by atoms with Crippen LogP contribution in [-0.4, -0.2) is 53.8 Å². The van der Waals surface area contributed by atoms with Crippen molar-refractivity contribution in [1.29, 1.82) is 0 Å². The Bertz CT molecular complexity index is 388. The second-order valence-electron chi connectivity index (χ2n) is 5.33. The lowest BCUT2D eigenvalue weighted by molar-refractivity contribution is 0.134. The average molecular weight is 250 g/mol. The van der Waals surface area contributed by atoms with E-state index < -0.39 is 0 Å². The molecule has 1 fully saturated rings. The van der Waals surface area contributed by atoms with E-state index in [1.54, 1.807) is 13.4 Å². The molecule has 18 heavy (non-hydrogen) atoms. The fraction of sp³-hybridized carbons (Fsp3) is 0.769. The van der Waals surface area contributed by atoms with E-state index in [2.05, 4.69) is 20.2 Å². The number of hydrogen-bond acceptors (Lipinski definition) is 4. The summed E-state index contributed by atoms with van der Waals surface area (Å²) in [5.74, 6) is 0. The zero-order valence-electron chi connectivity index (χ0n) is 11.0. The van der Waals surface area contributed by atoms with Crippen LogP contribution in [0.5, 0.6) is 0 Å². The highest BCUT2D eigenvalue weighted by atomic mass is 16.5. The Balaban J connectivity index is 1.55. The van der Waals surface area contributed by atoms with Crippen LogP contribution < -0.4 is 5.32 Å². The van der Waals surface area contributed by atoms with E-state index in [1.165, 1.54) is 24.2 Å². The lowest BCUT2D eigenvalue weighted by Gasteiger charge is -2.30. The predicted molar refractivity (Wildman–Crippen MR) is 69.4 cm³/mol. The molecule has 3 rings (SSSR count). The molecule has 5 nitrogen and oxygen atoms in total. The van der Waals surface area contributed by atoms with Gasteiger partial charge in [0.1, 0.15) is 0 Å². The highest BCUT2D eigenvalue weighted by molar-refractivity contribution is 5.16. The van der Waals surface area contributed by atoms with Gasteiger partial charge in [-0.05, 0) is 12.8 Å². The first-order valence-electron chi connectivity index (χ1n) is 6.84. The molecule has 100 valence electrons. The van der Waals surface area contributed by atoms with Crippen LogP contribution >= 0.6 is 0 Å². The van der Waals surface area contributed by atoms with Crippen molar-refractivity contribution in [2.24, 2.45) is 0 Å². The summed E-state index contributed by atoms with van der Waals surface area (Å²) in [5.41, 5.74) is 2.49. The summed E-state index contributed by atoms with van der Waals surface area (Å²) in [7, 11) is 1.78. The molecule has 5 heteroatoms. The summed E-state index contributed by atoms with van der Waals surface area (Å²) in [6.45, 7) is 3.91. The third kappa shape index (κ3) is 2.74. The minimum atomic E-state index is 0.526. The maximum atomic E-state index is 5.20. The van der Waals surface area contributed by atoms with Crippen molar-refractivity contribution in [2.45, 2.75) is 37.9 Å². The summed E-state index contributed by atoms with van der Waals surface area (Å²) in [4.78, 5) is 10.2. The fourth-order valence-corrected chi connectivity index (χ4v) is 2.71. The van der Waals surface area contributed by atoms with Gasteiger partial charge in [0.15, 0.2) is 0 Å². The number of hydrogen-bond donors (Lipinski definition) is 2. The Hall–Kier alpha value is -0.910. The number of nitrogens with zero attached hydrogens (tertiary/aromatic N) is 2. The van der Waals surface area contributed by atoms with Crippen LogP contribution in [0.3, 0.4) is 0 Å². The van der Waals surface area contributed by atoms with Crippen molar-refractivity contribution in [1.82, 2.24) is 20.2 Å². The van der Waals surface area contributed by atoms with E-state index in [-0.39, 0.29) is 0 Å². The fourth-order valence-electron chi connectivity index (χ4n) is 2.71. The standard InChI is InChI=1S/C13H22N4O/c1-18-5-4-17(11-2-3-11)8-10-6-12-13(7-14-10)16-9-15-12/h9-11,14H,2-8H2,1H3,(H,15,16). The highest BCUT2D eigenvalue weighted by Crippen LogP contribution is 2.27. The largest absolute Gasteiger partial charge is 0.383 e. The molecule has 1 aromatic rings. The number of rotatable bonds is 6. The van der Waals surface area contributed by atoms with E-state index in [0.717, 1.165) is 38.7 Å². The van der Waals surface area contributed by atoms with E-state index in [4.69, 9.17) is 4.74 Å². The molecule has 0 spiro atoms. The minimum Gasteiger partial charge on any atom is -0.383 e. The van der Waals surface area contributed by atoms with E-state index in [1.807, 2.05) is 0 Å². The maximum Gasteiger partial charge on any atom is 0.0925 e. The SMILES string of the molecule is COCCN(CC1Cc2nc[nH]c2CN1)C1CC1. The van der Waals surface area contributed by atoms with Gasteiger partial charge in [0.05, 0.1) is 24.3 Å². The number of fused-ring (bicyclic) bond motifs is 1. The van der Waals surface area contributed by atoms with Gasteiger partial charge in [0.2, 0.25) is 0 Å². The van der Waals surface area contributed by atoms with Crippen LogP contribution in [-0.2, 0) is 17.7 Å². The van der Waals surface area contributed by atoms with E-state index >= 15 is 0 Å². The molecule has 1 atom stereocenters. The Morgan fingerprint density at radius 3 is 3.17 bits per heavy atom. The number of aromatic amines is 1. The molecule has 0 amide bonds. The molecule has 1 saturated carbocycles. The molecular weight excluding hydrogens is 228 g/mol. The molecule has 0 bridgehead atoms. The Morgan fingerprint density at radius 2 is 2.39 bits per heavy atom. The lowest BCUT2D eigenvalue weighted by Crippen LogP contribution is -2.46. The number of nitrogens with one attached hydrogen (secondary N) is 2. The van der Waals surface area contributed by atoms with Crippen LogP contribution in [0.4, 0.5) is 0 Å². The smallest absolute Gasteiger partial charge is 0.0925 e. The van der Waals surface area contributed by atoms with Crippen LogP contribution in [0, 0.1) is 0 Å². The van der Waals surface area contributed by atoms with Crippen molar-refractivity contribution in [3.8, 4) is 0 Å². The predicted octanol–water partition coefficient (Wildman–Crippen LogP) is 0.535. The second kappa shape index (κ2) is 5.38. The van der Waals surface area contributed by atoms with Gasteiger partial charge in [-0.15, -0.1) is 0 Å². The van der Waals surface area contributed by atoms with Gasteiger partial charge in [-0.3, -0.25) is 4.90 Å². The zero-order valence-corrected chi connectivity index (χ0v) is 11.0. The number of H-pyrrole nitrogens is 1. The van der Waals surface area contributed by atoms with Crippen molar-refractivity contribution >= 4 is 0 Å². The summed E-state index contributed by atoms with van der Waals surface area (Å²) in [5, 5.41) is 3.60. The third-order valence-electron chi connectivity index (χ3n) is 3.92. The van der Waals surface area contributed by atoms with Crippen LogP contribution in [0.25, 0.3) is 0 Å². The molecule has 0 radical (unpaired) electrons. The van der Waals surface area contributed by atoms with Gasteiger partial charge < -0.3 is 15.0 Å². The Morgan fingerprint density at radius 1 is 1.50 bits per heavy atom. The molecule has 1 unspecified atom stereocenters. The number of aromatic nitrogens is 2. The Kier molecular flexibility index (Phi) is 3.63. The summed E-state index contributed by atoms with van der Waals surface area (Å²) < 4.78 is 5.20. The third-order valence-corrected chi connectivity index (χ3v) is 3.92. The summed E-state index contributed by atoms with van der Waals surface area (Å²) in [6, 6.07) is 1.32. The van der Waals surface area contributed by atoms with Crippen molar-refractivity contribution in [2.75, 3.05) is 26.8 Å². The lowest BCUT2D eigenvalue weighted by atomic mass is 10.0. The van der Waals surface area contributed by atoms with Crippen LogP contribution in [0.1, 0.15) is 24.2 Å². The zero-order chi connectivity index (χ0) is 12.4.